The van der Waals surface area contributed by atoms with Crippen LogP contribution in [0.25, 0.3) is 16.3 Å². The summed E-state index contributed by atoms with van der Waals surface area (Å²) in [6.45, 7) is 3.25. The molecule has 10 nitrogen and oxygen atoms in total. The molecule has 0 atom stereocenters. The van der Waals surface area contributed by atoms with Crippen LogP contribution < -0.4 is 4.80 Å². The molecule has 0 unspecified atom stereocenters. The van der Waals surface area contributed by atoms with Crippen molar-refractivity contribution in [2.24, 2.45) is 4.99 Å². The Labute approximate surface area is 180 Å². The number of nitrogens with zero attached hydrogens (tertiary/aromatic N) is 4. The number of nitro benzene ring substituents is 2. The van der Waals surface area contributed by atoms with E-state index < -0.39 is 15.8 Å². The van der Waals surface area contributed by atoms with E-state index in [9.17, 15) is 25.0 Å². The van der Waals surface area contributed by atoms with Crippen molar-refractivity contribution in [3.63, 3.8) is 0 Å². The molecule has 0 aliphatic carbocycles. The largest absolute Gasteiger partial charge is 0.380 e. The molecule has 0 saturated carbocycles. The summed E-state index contributed by atoms with van der Waals surface area (Å²) < 4.78 is 7.82. The van der Waals surface area contributed by atoms with Crippen LogP contribution in [0.4, 0.5) is 11.4 Å². The fraction of sp³-hybridized carbons (Fsp3) is 0.200. The number of fused-ring (bicyclic) bond motifs is 1. The molecule has 1 heterocycles. The number of carbonyl (C=O) groups excluding carboxylic acids is 1. The Morgan fingerprint density at radius 2 is 1.81 bits per heavy atom. The minimum absolute atomic E-state index is 0.0390. The van der Waals surface area contributed by atoms with Gasteiger partial charge in [0.15, 0.2) is 4.80 Å². The van der Waals surface area contributed by atoms with Crippen molar-refractivity contribution in [3.05, 3.63) is 79.1 Å². The van der Waals surface area contributed by atoms with Crippen molar-refractivity contribution in [3.8, 4) is 0 Å². The van der Waals surface area contributed by atoms with Crippen LogP contribution in [0, 0.1) is 20.2 Å². The van der Waals surface area contributed by atoms with E-state index in [0.29, 0.717) is 34.8 Å². The van der Waals surface area contributed by atoms with E-state index in [-0.39, 0.29) is 11.4 Å². The predicted molar refractivity (Wildman–Crippen MR) is 116 cm³/mol. The van der Waals surface area contributed by atoms with E-state index in [4.69, 9.17) is 4.74 Å². The number of rotatable bonds is 8. The highest BCUT2D eigenvalue weighted by Crippen LogP contribution is 2.23. The minimum Gasteiger partial charge on any atom is -0.380 e. The van der Waals surface area contributed by atoms with Crippen molar-refractivity contribution in [1.29, 1.82) is 0 Å². The van der Waals surface area contributed by atoms with Gasteiger partial charge in [0.05, 0.1) is 26.7 Å². The Hall–Kier alpha value is -3.70. The summed E-state index contributed by atoms with van der Waals surface area (Å²) in [4.78, 5) is 37.7. The van der Waals surface area contributed by atoms with E-state index in [1.165, 1.54) is 59.9 Å². The highest BCUT2D eigenvalue weighted by Gasteiger charge is 2.12. The third kappa shape index (κ3) is 5.47. The zero-order valence-electron chi connectivity index (χ0n) is 16.5. The average Bonchev–Trinajstić information content (AvgIpc) is 3.09. The molecule has 0 bridgehead atoms. The van der Waals surface area contributed by atoms with Crippen LogP contribution in [0.1, 0.15) is 12.5 Å². The summed E-state index contributed by atoms with van der Waals surface area (Å²) >= 11 is 1.18. The number of non-ortho nitro benzene ring substituents is 2. The van der Waals surface area contributed by atoms with Gasteiger partial charge in [0.2, 0.25) is 0 Å². The quantitative estimate of drug-likeness (QED) is 0.226. The zero-order valence-corrected chi connectivity index (χ0v) is 17.3. The number of ether oxygens (including phenoxy) is 1. The Balaban J connectivity index is 1.92. The number of thiazole rings is 1. The van der Waals surface area contributed by atoms with Gasteiger partial charge in [0.25, 0.3) is 17.3 Å². The number of amides is 1. The molecular formula is C20H18N4O6S. The van der Waals surface area contributed by atoms with Crippen LogP contribution in [0.2, 0.25) is 0 Å². The molecule has 1 amide bonds. The SMILES string of the molecule is CCOCCn1c(=NC(=O)/C=C\c2ccc([N+](=O)[O-])cc2)sc2cc([N+](=O)[O-])ccc21. The van der Waals surface area contributed by atoms with Crippen molar-refractivity contribution < 1.29 is 19.4 Å². The van der Waals surface area contributed by atoms with Gasteiger partial charge in [-0.3, -0.25) is 25.0 Å². The minimum atomic E-state index is -0.524. The topological polar surface area (TPSA) is 130 Å². The second-order valence-corrected chi connectivity index (χ2v) is 7.28. The van der Waals surface area contributed by atoms with Crippen molar-refractivity contribution >= 4 is 44.9 Å². The second kappa shape index (κ2) is 9.87. The van der Waals surface area contributed by atoms with Gasteiger partial charge in [-0.25, -0.2) is 0 Å². The van der Waals surface area contributed by atoms with Gasteiger partial charge in [-0.15, -0.1) is 0 Å². The molecule has 0 saturated heterocycles. The molecule has 3 rings (SSSR count). The van der Waals surface area contributed by atoms with Crippen molar-refractivity contribution in [1.82, 2.24) is 4.57 Å². The summed E-state index contributed by atoms with van der Waals surface area (Å²) in [5, 5.41) is 21.8. The number of carbonyl (C=O) groups is 1. The Morgan fingerprint density at radius 3 is 2.45 bits per heavy atom. The van der Waals surface area contributed by atoms with Crippen molar-refractivity contribution in [2.45, 2.75) is 13.5 Å². The number of benzene rings is 2. The van der Waals surface area contributed by atoms with Gasteiger partial charge in [0, 0.05) is 43.5 Å². The summed E-state index contributed by atoms with van der Waals surface area (Å²) in [5.74, 6) is -0.524. The third-order valence-corrected chi connectivity index (χ3v) is 5.31. The standard InChI is InChI=1S/C20H18N4O6S/c1-2-30-12-11-22-17-9-8-16(24(28)29)13-18(17)31-20(22)21-19(25)10-5-14-3-6-15(7-4-14)23(26)27/h3-10,13H,2,11-12H2,1H3/b10-5-,21-20?. The van der Waals surface area contributed by atoms with Crippen LogP contribution in [-0.2, 0) is 16.1 Å². The summed E-state index contributed by atoms with van der Waals surface area (Å²) in [7, 11) is 0. The molecule has 0 fully saturated rings. The first-order valence-electron chi connectivity index (χ1n) is 9.26. The normalized spacial score (nSPS) is 12.0. The lowest BCUT2D eigenvalue weighted by Gasteiger charge is -2.05. The first-order valence-corrected chi connectivity index (χ1v) is 10.1. The maximum Gasteiger partial charge on any atom is 0.272 e. The van der Waals surface area contributed by atoms with E-state index in [0.717, 1.165) is 5.52 Å². The van der Waals surface area contributed by atoms with E-state index in [1.54, 1.807) is 10.6 Å². The first-order chi connectivity index (χ1) is 14.9. The lowest BCUT2D eigenvalue weighted by atomic mass is 10.2. The summed E-state index contributed by atoms with van der Waals surface area (Å²) in [5.41, 5.74) is 1.26. The van der Waals surface area contributed by atoms with Gasteiger partial charge in [-0.1, -0.05) is 11.3 Å². The second-order valence-electron chi connectivity index (χ2n) is 6.27. The lowest BCUT2D eigenvalue weighted by Crippen LogP contribution is -2.19. The Bertz CT molecular complexity index is 1230. The molecule has 0 radical (unpaired) electrons. The number of aromatic nitrogens is 1. The van der Waals surface area contributed by atoms with Crippen LogP contribution in [0.15, 0.2) is 53.5 Å². The van der Waals surface area contributed by atoms with Crippen molar-refractivity contribution in [2.75, 3.05) is 13.2 Å². The Kier molecular flexibility index (Phi) is 7.00. The average molecular weight is 442 g/mol. The van der Waals surface area contributed by atoms with Crippen LogP contribution in [0.5, 0.6) is 0 Å². The third-order valence-electron chi connectivity index (χ3n) is 4.27. The summed E-state index contributed by atoms with van der Waals surface area (Å²) in [6.07, 6.45) is 2.78. The number of nitro groups is 2. The molecule has 1 aromatic heterocycles. The molecule has 0 spiro atoms. The van der Waals surface area contributed by atoms with Gasteiger partial charge < -0.3 is 9.30 Å². The van der Waals surface area contributed by atoms with Crippen LogP contribution >= 0.6 is 11.3 Å². The predicted octanol–water partition coefficient (Wildman–Crippen LogP) is 3.70. The molecule has 0 N–H and O–H groups in total. The number of hydrogen-bond acceptors (Lipinski definition) is 7. The van der Waals surface area contributed by atoms with E-state index >= 15 is 0 Å². The smallest absolute Gasteiger partial charge is 0.272 e. The zero-order chi connectivity index (χ0) is 22.4. The molecule has 31 heavy (non-hydrogen) atoms. The fourth-order valence-corrected chi connectivity index (χ4v) is 3.88. The monoisotopic (exact) mass is 442 g/mol. The summed E-state index contributed by atoms with van der Waals surface area (Å²) in [6, 6.07) is 10.3. The molecule has 0 aliphatic rings. The number of hydrogen-bond donors (Lipinski definition) is 0. The van der Waals surface area contributed by atoms with Crippen LogP contribution in [0.3, 0.4) is 0 Å². The maximum absolute atomic E-state index is 12.4. The molecular weight excluding hydrogens is 424 g/mol. The lowest BCUT2D eigenvalue weighted by molar-refractivity contribution is -0.385. The van der Waals surface area contributed by atoms with Gasteiger partial charge in [-0.05, 0) is 36.8 Å². The molecule has 0 aliphatic heterocycles. The molecule has 2 aromatic carbocycles. The van der Waals surface area contributed by atoms with E-state index in [2.05, 4.69) is 4.99 Å². The van der Waals surface area contributed by atoms with Crippen LogP contribution in [-0.4, -0.2) is 33.5 Å². The van der Waals surface area contributed by atoms with Gasteiger partial charge in [-0.2, -0.15) is 4.99 Å². The highest BCUT2D eigenvalue weighted by atomic mass is 32.1. The van der Waals surface area contributed by atoms with Gasteiger partial charge in [0.1, 0.15) is 0 Å². The first kappa shape index (κ1) is 22.0. The highest BCUT2D eigenvalue weighted by molar-refractivity contribution is 7.16. The van der Waals surface area contributed by atoms with E-state index in [1.807, 2.05) is 6.92 Å². The van der Waals surface area contributed by atoms with Gasteiger partial charge >= 0.3 is 0 Å². The fourth-order valence-electron chi connectivity index (χ4n) is 2.78. The maximum atomic E-state index is 12.4. The Morgan fingerprint density at radius 1 is 1.13 bits per heavy atom. The molecule has 160 valence electrons. The molecule has 11 heteroatoms. The molecule has 3 aromatic rings.